The molecular weight excluding hydrogens is 1180 g/mol. The van der Waals surface area contributed by atoms with Crippen LogP contribution in [0.4, 0.5) is 15.9 Å². The van der Waals surface area contributed by atoms with E-state index in [0.717, 1.165) is 67.3 Å². The van der Waals surface area contributed by atoms with E-state index in [0.29, 0.717) is 41.0 Å². The van der Waals surface area contributed by atoms with Crippen LogP contribution in [0.1, 0.15) is 126 Å². The summed E-state index contributed by atoms with van der Waals surface area (Å²) in [6, 6.07) is 13.4. The van der Waals surface area contributed by atoms with Crippen molar-refractivity contribution in [1.82, 2.24) is 60.2 Å². The maximum absolute atomic E-state index is 15.6. The fraction of sp³-hybridized carbons (Fsp3) is 0.522. The summed E-state index contributed by atoms with van der Waals surface area (Å²) in [6.45, 7) is 9.58. The molecule has 92 heavy (non-hydrogen) atoms. The van der Waals surface area contributed by atoms with Gasteiger partial charge < -0.3 is 60.3 Å². The van der Waals surface area contributed by atoms with Crippen LogP contribution in [0.2, 0.25) is 0 Å². The third-order valence-electron chi connectivity index (χ3n) is 18.1. The molecule has 4 aliphatic rings. The normalized spacial score (nSPS) is 18.2. The Morgan fingerprint density at radius 3 is 2.34 bits per heavy atom. The van der Waals surface area contributed by atoms with Crippen molar-refractivity contribution in [2.75, 3.05) is 65.1 Å². The number of fused-ring (bicyclic) bond motifs is 3. The molecule has 1 saturated carbocycles. The number of nitrogens with zero attached hydrogens (tertiary/aromatic N) is 8. The second-order valence-electron chi connectivity index (χ2n) is 25.5. The summed E-state index contributed by atoms with van der Waals surface area (Å²) in [6.07, 6.45) is 12.1. The number of nitrogens with one attached hydrogen (secondary N) is 5. The quantitative estimate of drug-likeness (QED) is 0.0405. The molecule has 2 aliphatic carbocycles. The number of anilines is 2. The molecule has 6 aromatic rings. The SMILES string of the molecule is CN[C@@H](C)C(=O)N[C@H](C(=O)N1C[C@@H](NC(=O)CCOCCOCCOCCC(=O)N2CCn3nc(Nc4cc(-c5ccnc(-n6ncc7cc(C(C)(C)C)cc(F)c7c6=O)c5CO)cn(C)c4=O)cc3C2)C[C@H]1C(=O)NC1CCCc2ccccc21)C1CCCCC1. The third kappa shape index (κ3) is 15.6. The van der Waals surface area contributed by atoms with Gasteiger partial charge in [0.05, 0.1) is 95.1 Å². The molecule has 1 saturated heterocycles. The van der Waals surface area contributed by atoms with Gasteiger partial charge >= 0.3 is 0 Å². The van der Waals surface area contributed by atoms with Gasteiger partial charge in [-0.05, 0) is 110 Å². The van der Waals surface area contributed by atoms with E-state index < -0.39 is 42.2 Å². The van der Waals surface area contributed by atoms with Crippen LogP contribution in [0.5, 0.6) is 0 Å². The number of ether oxygens (including phenoxy) is 3. The molecule has 0 spiro atoms. The Morgan fingerprint density at radius 2 is 1.60 bits per heavy atom. The molecule has 25 heteroatoms. The Labute approximate surface area is 533 Å². The second-order valence-corrected chi connectivity index (χ2v) is 25.5. The van der Waals surface area contributed by atoms with Crippen LogP contribution >= 0.6 is 0 Å². The van der Waals surface area contributed by atoms with Gasteiger partial charge in [0.2, 0.25) is 29.5 Å². The zero-order chi connectivity index (χ0) is 65.2. The molecule has 4 aromatic heterocycles. The zero-order valence-electron chi connectivity index (χ0n) is 53.4. The number of aliphatic hydroxyl groups excluding tert-OH is 1. The smallest absolute Gasteiger partial charge is 0.283 e. The van der Waals surface area contributed by atoms with E-state index in [1.807, 2.05) is 39.0 Å². The number of likely N-dealkylation sites (tertiary alicyclic amines) is 1. The van der Waals surface area contributed by atoms with Gasteiger partial charge in [-0.1, -0.05) is 64.3 Å². The number of benzene rings is 2. The number of aryl methyl sites for hydroxylation is 2. The molecule has 5 amide bonds. The highest BCUT2D eigenvalue weighted by atomic mass is 19.1. The zero-order valence-corrected chi connectivity index (χ0v) is 53.4. The maximum atomic E-state index is 15.6. The summed E-state index contributed by atoms with van der Waals surface area (Å²) in [5.74, 6) is -1.61. The minimum Gasteiger partial charge on any atom is -0.392 e. The van der Waals surface area contributed by atoms with Gasteiger partial charge in [0.15, 0.2) is 11.6 Å². The van der Waals surface area contributed by atoms with Gasteiger partial charge in [0, 0.05) is 67.6 Å². The predicted octanol–water partition coefficient (Wildman–Crippen LogP) is 5.14. The van der Waals surface area contributed by atoms with Gasteiger partial charge in [0.1, 0.15) is 23.6 Å². The number of amides is 5. The Balaban J connectivity index is 0.652. The molecule has 6 heterocycles. The molecule has 10 rings (SSSR count). The van der Waals surface area contributed by atoms with Crippen LogP contribution in [0.3, 0.4) is 0 Å². The Bertz CT molecular complexity index is 3780. The third-order valence-corrected chi connectivity index (χ3v) is 18.1. The van der Waals surface area contributed by atoms with Gasteiger partial charge in [-0.25, -0.2) is 9.37 Å². The number of aliphatic hydroxyl groups is 1. The number of hydrogen-bond acceptors (Lipinski definition) is 16. The fourth-order valence-electron chi connectivity index (χ4n) is 12.9. The highest BCUT2D eigenvalue weighted by molar-refractivity contribution is 5.94. The maximum Gasteiger partial charge on any atom is 0.283 e. The van der Waals surface area contributed by atoms with Crippen LogP contribution in [-0.2, 0) is 76.8 Å². The number of rotatable bonds is 25. The average molecular weight is 1270 g/mol. The van der Waals surface area contributed by atoms with Gasteiger partial charge in [-0.2, -0.15) is 14.9 Å². The standard InChI is InChI=1S/C67H86FN13O11/c1-41(69-5)62(85)75-60(43-14-8-7-9-15-43)66(89)79-38-47(34-55(79)63(86)74-53-18-12-16-42-13-10-11-17-50(42)53)72-57(83)20-25-90-27-29-92-30-28-91-26-21-58(84)78-23-24-80-48(39-78)35-56(76-80)73-54-32-45(37-77(6)64(54)87)49-19-22-70-61(51(49)40-82)81-65(88)59-44(36-71-81)31-46(33-52(59)68)67(2,3)4/h10-11,13,17,19,22,31-33,35-37,41,43,47,53,55,60,69,82H,7-9,12,14-16,18,20-21,23-30,34,38-40H2,1-6H3,(H,72,83)(H,73,76)(H,74,86)(H,75,85)/t41-,47-,53?,55-,60-/m0/s1. The van der Waals surface area contributed by atoms with Crippen molar-refractivity contribution in [2.24, 2.45) is 13.0 Å². The van der Waals surface area contributed by atoms with Crippen molar-refractivity contribution in [3.8, 4) is 16.9 Å². The summed E-state index contributed by atoms with van der Waals surface area (Å²) < 4.78 is 36.8. The van der Waals surface area contributed by atoms with E-state index in [-0.39, 0.29) is 147 Å². The molecule has 2 aromatic carbocycles. The summed E-state index contributed by atoms with van der Waals surface area (Å²) in [7, 11) is 3.28. The number of carbonyl (C=O) groups excluding carboxylic acids is 5. The first kappa shape index (κ1) is 66.7. The lowest BCUT2D eigenvalue weighted by molar-refractivity contribution is -0.143. The van der Waals surface area contributed by atoms with E-state index in [4.69, 9.17) is 14.2 Å². The van der Waals surface area contributed by atoms with Crippen molar-refractivity contribution < 1.29 is 47.7 Å². The van der Waals surface area contributed by atoms with Gasteiger partial charge in [0.25, 0.3) is 11.1 Å². The molecule has 0 radical (unpaired) electrons. The predicted molar refractivity (Wildman–Crippen MR) is 342 cm³/mol. The monoisotopic (exact) mass is 1270 g/mol. The minimum absolute atomic E-state index is 0.00720. The largest absolute Gasteiger partial charge is 0.392 e. The van der Waals surface area contributed by atoms with Crippen molar-refractivity contribution in [3.05, 3.63) is 128 Å². The number of halogens is 1. The molecule has 1 unspecified atom stereocenters. The lowest BCUT2D eigenvalue weighted by Crippen LogP contribution is -2.58. The number of likely N-dealkylation sites (N-methyl/N-ethyl adjacent to an activating group) is 1. The van der Waals surface area contributed by atoms with Crippen LogP contribution in [0, 0.1) is 11.7 Å². The molecule has 2 fully saturated rings. The van der Waals surface area contributed by atoms with Crippen LogP contribution in [0.25, 0.3) is 27.7 Å². The average Bonchev–Trinajstić information content (AvgIpc) is 0.808. The minimum atomic E-state index is -0.844. The number of aromatic nitrogens is 6. The van der Waals surface area contributed by atoms with E-state index in [2.05, 4.69) is 47.8 Å². The van der Waals surface area contributed by atoms with E-state index >= 15 is 4.39 Å². The molecule has 24 nitrogen and oxygen atoms in total. The summed E-state index contributed by atoms with van der Waals surface area (Å²) >= 11 is 0. The molecule has 2 aliphatic heterocycles. The lowest BCUT2D eigenvalue weighted by Gasteiger charge is -2.35. The Hall–Kier alpha value is -8.23. The lowest BCUT2D eigenvalue weighted by atomic mass is 9.83. The summed E-state index contributed by atoms with van der Waals surface area (Å²) in [5, 5.41) is 35.4. The highest BCUT2D eigenvalue weighted by Gasteiger charge is 2.45. The van der Waals surface area contributed by atoms with E-state index in [1.165, 1.54) is 28.6 Å². The van der Waals surface area contributed by atoms with Crippen LogP contribution in [0.15, 0.2) is 82.8 Å². The second kappa shape index (κ2) is 30.0. The Morgan fingerprint density at radius 1 is 0.859 bits per heavy atom. The van der Waals surface area contributed by atoms with Crippen LogP contribution in [-0.4, -0.2) is 158 Å². The van der Waals surface area contributed by atoms with Gasteiger partial charge in [-0.3, -0.25) is 38.2 Å². The first-order valence-electron chi connectivity index (χ1n) is 32.1. The van der Waals surface area contributed by atoms with E-state index in [1.54, 1.807) is 66.0 Å². The molecule has 492 valence electrons. The number of hydrogen-bond donors (Lipinski definition) is 6. The molecule has 0 bridgehead atoms. The molecule has 5 atom stereocenters. The molecular formula is C67H86FN13O11. The first-order chi connectivity index (χ1) is 44.3. The molecule has 6 N–H and O–H groups in total. The van der Waals surface area contributed by atoms with Crippen molar-refractivity contribution >= 4 is 51.8 Å². The summed E-state index contributed by atoms with van der Waals surface area (Å²) in [4.78, 5) is 104. The van der Waals surface area contributed by atoms with Crippen molar-refractivity contribution in [3.63, 3.8) is 0 Å². The van der Waals surface area contributed by atoms with Crippen LogP contribution < -0.4 is 37.7 Å². The Kier molecular flexibility index (Phi) is 21.8. The number of carbonyl (C=O) groups is 5. The first-order valence-corrected chi connectivity index (χ1v) is 32.1. The van der Waals surface area contributed by atoms with E-state index in [9.17, 15) is 38.7 Å². The van der Waals surface area contributed by atoms with Gasteiger partial charge in [-0.15, -0.1) is 0 Å². The van der Waals surface area contributed by atoms with Crippen molar-refractivity contribution in [2.45, 2.75) is 154 Å². The highest BCUT2D eigenvalue weighted by Crippen LogP contribution is 2.34. The number of pyridine rings is 2. The van der Waals surface area contributed by atoms with Crippen molar-refractivity contribution in [1.29, 1.82) is 0 Å². The topological polar surface area (TPSA) is 288 Å². The fourth-order valence-corrected chi connectivity index (χ4v) is 12.9. The summed E-state index contributed by atoms with van der Waals surface area (Å²) in [5.41, 5.74) is 3.63.